The van der Waals surface area contributed by atoms with Gasteiger partial charge in [-0.1, -0.05) is 25.5 Å². The molecule has 17 heavy (non-hydrogen) atoms. The Bertz CT molecular complexity index is 319. The molecule has 1 aromatic rings. The van der Waals surface area contributed by atoms with E-state index in [0.29, 0.717) is 6.54 Å². The van der Waals surface area contributed by atoms with Crippen LogP contribution < -0.4 is 10.1 Å². The third kappa shape index (κ3) is 5.20. The highest BCUT2D eigenvalue weighted by Crippen LogP contribution is 2.12. The molecule has 0 radical (unpaired) electrons. The zero-order valence-electron chi connectivity index (χ0n) is 11.0. The van der Waals surface area contributed by atoms with E-state index in [-0.39, 0.29) is 0 Å². The predicted molar refractivity (Wildman–Crippen MR) is 70.2 cm³/mol. The summed E-state index contributed by atoms with van der Waals surface area (Å²) < 4.78 is 5.10. The molecule has 0 aromatic heterocycles. The van der Waals surface area contributed by atoms with Crippen LogP contribution in [0.15, 0.2) is 24.3 Å². The quantitative estimate of drug-likeness (QED) is 0.765. The van der Waals surface area contributed by atoms with Crippen LogP contribution in [0, 0.1) is 0 Å². The maximum absolute atomic E-state index is 9.99. The number of rotatable bonds is 7. The molecule has 0 bridgehead atoms. The smallest absolute Gasteiger partial charge is 0.118 e. The number of aliphatic hydroxyl groups is 1. The molecule has 0 spiro atoms. The second kappa shape index (κ2) is 6.62. The normalized spacial score (nSPS) is 14.4. The third-order valence-corrected chi connectivity index (χ3v) is 2.78. The first-order chi connectivity index (χ1) is 8.07. The number of hydrogen-bond acceptors (Lipinski definition) is 3. The van der Waals surface area contributed by atoms with E-state index in [1.165, 1.54) is 5.56 Å². The summed E-state index contributed by atoms with van der Waals surface area (Å²) in [5.41, 5.74) is 0.583. The van der Waals surface area contributed by atoms with Crippen LogP contribution in [0.25, 0.3) is 0 Å². The second-order valence-corrected chi connectivity index (χ2v) is 4.70. The van der Waals surface area contributed by atoms with Crippen LogP contribution in [0.5, 0.6) is 5.75 Å². The molecule has 0 fully saturated rings. The van der Waals surface area contributed by atoms with Crippen molar-refractivity contribution in [2.75, 3.05) is 13.7 Å². The molecule has 1 unspecified atom stereocenters. The van der Waals surface area contributed by atoms with Gasteiger partial charge in [-0.25, -0.2) is 0 Å². The van der Waals surface area contributed by atoms with Gasteiger partial charge in [0.2, 0.25) is 0 Å². The molecule has 1 aromatic carbocycles. The molecule has 0 aliphatic rings. The van der Waals surface area contributed by atoms with Gasteiger partial charge >= 0.3 is 0 Å². The number of methoxy groups -OCH3 is 1. The lowest BCUT2D eigenvalue weighted by molar-refractivity contribution is 0.0498. The summed E-state index contributed by atoms with van der Waals surface area (Å²) in [4.78, 5) is 0. The third-order valence-electron chi connectivity index (χ3n) is 2.78. The van der Waals surface area contributed by atoms with Crippen molar-refractivity contribution in [3.8, 4) is 5.75 Å². The van der Waals surface area contributed by atoms with Crippen molar-refractivity contribution in [1.82, 2.24) is 5.32 Å². The highest BCUT2D eigenvalue weighted by molar-refractivity contribution is 5.26. The first-order valence-corrected chi connectivity index (χ1v) is 6.13. The molecule has 0 saturated heterocycles. The van der Waals surface area contributed by atoms with Crippen LogP contribution >= 0.6 is 0 Å². The summed E-state index contributed by atoms with van der Waals surface area (Å²) in [5, 5.41) is 13.3. The second-order valence-electron chi connectivity index (χ2n) is 4.70. The van der Waals surface area contributed by atoms with E-state index < -0.39 is 5.60 Å². The number of hydrogen-bond donors (Lipinski definition) is 2. The molecular weight excluding hydrogens is 214 g/mol. The number of nitrogens with one attached hydrogen (secondary N) is 1. The largest absolute Gasteiger partial charge is 0.497 e. The molecule has 0 heterocycles. The van der Waals surface area contributed by atoms with Gasteiger partial charge in [-0.3, -0.25) is 0 Å². The highest BCUT2D eigenvalue weighted by atomic mass is 16.5. The van der Waals surface area contributed by atoms with E-state index in [1.54, 1.807) is 7.11 Å². The molecule has 3 heteroatoms. The average Bonchev–Trinajstić information content (AvgIpc) is 2.29. The minimum Gasteiger partial charge on any atom is -0.497 e. The fourth-order valence-corrected chi connectivity index (χ4v) is 1.85. The molecule has 1 rings (SSSR count). The highest BCUT2D eigenvalue weighted by Gasteiger charge is 2.17. The minimum atomic E-state index is -0.610. The fourth-order valence-electron chi connectivity index (χ4n) is 1.85. The SMILES string of the molecule is CCCC(C)(O)CNCc1ccc(OC)cc1. The Labute approximate surface area is 104 Å². The van der Waals surface area contributed by atoms with Crippen molar-refractivity contribution in [3.05, 3.63) is 29.8 Å². The van der Waals surface area contributed by atoms with Gasteiger partial charge in [0, 0.05) is 13.1 Å². The first-order valence-electron chi connectivity index (χ1n) is 6.13. The Morgan fingerprint density at radius 3 is 2.47 bits per heavy atom. The lowest BCUT2D eigenvalue weighted by atomic mass is 10.0. The van der Waals surface area contributed by atoms with E-state index in [0.717, 1.165) is 25.1 Å². The molecule has 0 aliphatic heterocycles. The van der Waals surface area contributed by atoms with Gasteiger partial charge in [-0.2, -0.15) is 0 Å². The van der Waals surface area contributed by atoms with Crippen LogP contribution in [0.3, 0.4) is 0 Å². The van der Waals surface area contributed by atoms with E-state index >= 15 is 0 Å². The van der Waals surface area contributed by atoms with Crippen LogP contribution in [-0.4, -0.2) is 24.4 Å². The molecule has 0 amide bonds. The van der Waals surface area contributed by atoms with Crippen molar-refractivity contribution in [1.29, 1.82) is 0 Å². The van der Waals surface area contributed by atoms with Crippen molar-refractivity contribution in [3.63, 3.8) is 0 Å². The van der Waals surface area contributed by atoms with E-state index in [9.17, 15) is 5.11 Å². The minimum absolute atomic E-state index is 0.610. The van der Waals surface area contributed by atoms with Crippen LogP contribution in [0.1, 0.15) is 32.3 Å². The van der Waals surface area contributed by atoms with Crippen LogP contribution in [0.2, 0.25) is 0 Å². The molecule has 1 atom stereocenters. The van der Waals surface area contributed by atoms with Crippen molar-refractivity contribution >= 4 is 0 Å². The van der Waals surface area contributed by atoms with E-state index in [4.69, 9.17) is 4.74 Å². The van der Waals surface area contributed by atoms with Gasteiger partial charge in [0.05, 0.1) is 12.7 Å². The number of ether oxygens (including phenoxy) is 1. The Kier molecular flexibility index (Phi) is 5.45. The van der Waals surface area contributed by atoms with Crippen molar-refractivity contribution in [2.24, 2.45) is 0 Å². The van der Waals surface area contributed by atoms with Gasteiger partial charge < -0.3 is 15.2 Å². The van der Waals surface area contributed by atoms with Gasteiger partial charge in [-0.15, -0.1) is 0 Å². The monoisotopic (exact) mass is 237 g/mol. The Morgan fingerprint density at radius 1 is 1.29 bits per heavy atom. The summed E-state index contributed by atoms with van der Waals surface area (Å²) in [7, 11) is 1.66. The van der Waals surface area contributed by atoms with Gasteiger partial charge in [0.15, 0.2) is 0 Å². The maximum Gasteiger partial charge on any atom is 0.118 e. The molecular formula is C14H23NO2. The zero-order chi connectivity index (χ0) is 12.7. The summed E-state index contributed by atoms with van der Waals surface area (Å²) >= 11 is 0. The van der Waals surface area contributed by atoms with E-state index in [1.807, 2.05) is 31.2 Å². The molecule has 3 nitrogen and oxygen atoms in total. The van der Waals surface area contributed by atoms with Gasteiger partial charge in [0.1, 0.15) is 5.75 Å². The summed E-state index contributed by atoms with van der Waals surface area (Å²) in [6, 6.07) is 7.95. The molecule has 0 aliphatic carbocycles. The van der Waals surface area contributed by atoms with Gasteiger partial charge in [-0.05, 0) is 31.0 Å². The Balaban J connectivity index is 2.35. The lowest BCUT2D eigenvalue weighted by Gasteiger charge is -2.23. The fraction of sp³-hybridized carbons (Fsp3) is 0.571. The topological polar surface area (TPSA) is 41.5 Å². The van der Waals surface area contributed by atoms with Crippen LogP contribution in [-0.2, 0) is 6.54 Å². The maximum atomic E-state index is 9.99. The predicted octanol–water partition coefficient (Wildman–Crippen LogP) is 2.34. The Morgan fingerprint density at radius 2 is 1.94 bits per heavy atom. The average molecular weight is 237 g/mol. The number of benzene rings is 1. The van der Waals surface area contributed by atoms with Crippen LogP contribution in [0.4, 0.5) is 0 Å². The molecule has 96 valence electrons. The van der Waals surface area contributed by atoms with Gasteiger partial charge in [0.25, 0.3) is 0 Å². The lowest BCUT2D eigenvalue weighted by Crippen LogP contribution is -2.37. The first kappa shape index (κ1) is 14.0. The Hall–Kier alpha value is -1.06. The standard InChI is InChI=1S/C14H23NO2/c1-4-9-14(2,16)11-15-10-12-5-7-13(17-3)8-6-12/h5-8,15-16H,4,9-11H2,1-3H3. The summed E-state index contributed by atoms with van der Waals surface area (Å²) in [5.74, 6) is 0.867. The zero-order valence-corrected chi connectivity index (χ0v) is 11.0. The van der Waals surface area contributed by atoms with Crippen molar-refractivity contribution in [2.45, 2.75) is 38.8 Å². The summed E-state index contributed by atoms with van der Waals surface area (Å²) in [6.07, 6.45) is 1.82. The van der Waals surface area contributed by atoms with Crippen molar-refractivity contribution < 1.29 is 9.84 Å². The molecule has 2 N–H and O–H groups in total. The summed E-state index contributed by atoms with van der Waals surface area (Å²) in [6.45, 7) is 5.34. The molecule has 0 saturated carbocycles. The van der Waals surface area contributed by atoms with E-state index in [2.05, 4.69) is 12.2 Å².